The summed E-state index contributed by atoms with van der Waals surface area (Å²) in [5, 5.41) is 5.55. The zero-order valence-electron chi connectivity index (χ0n) is 17.8. The number of fused-ring (bicyclic) bond motifs is 1. The van der Waals surface area contributed by atoms with Gasteiger partial charge >= 0.3 is 0 Å². The second-order valence-electron chi connectivity index (χ2n) is 7.54. The van der Waals surface area contributed by atoms with Crippen molar-refractivity contribution >= 4 is 28.4 Å². The molecule has 0 saturated carbocycles. The monoisotopic (exact) mass is 436 g/mol. The van der Waals surface area contributed by atoms with Crippen LogP contribution >= 0.6 is 11.8 Å². The lowest BCUT2D eigenvalue weighted by Gasteiger charge is -2.35. The van der Waals surface area contributed by atoms with E-state index >= 15 is 0 Å². The van der Waals surface area contributed by atoms with Crippen LogP contribution in [0, 0.1) is 0 Å². The lowest BCUT2D eigenvalue weighted by molar-refractivity contribution is -0.118. The third-order valence-electron chi connectivity index (χ3n) is 5.57. The molecule has 0 radical (unpaired) electrons. The molecule has 5 nitrogen and oxygen atoms in total. The number of nitrogens with zero attached hydrogens (tertiary/aromatic N) is 1. The smallest absolute Gasteiger partial charge is 0.230 e. The van der Waals surface area contributed by atoms with Gasteiger partial charge in [0, 0.05) is 24.5 Å². The minimum absolute atomic E-state index is 0.0462. The lowest BCUT2D eigenvalue weighted by Crippen LogP contribution is -2.44. The van der Waals surface area contributed by atoms with Gasteiger partial charge in [0.15, 0.2) is 0 Å². The van der Waals surface area contributed by atoms with Crippen molar-refractivity contribution in [1.82, 2.24) is 10.2 Å². The van der Waals surface area contributed by atoms with Gasteiger partial charge in [0.2, 0.25) is 5.91 Å². The molecule has 4 rings (SSSR count). The van der Waals surface area contributed by atoms with E-state index < -0.39 is 0 Å². The Balaban J connectivity index is 1.36. The maximum Gasteiger partial charge on any atom is 0.230 e. The molecule has 3 aromatic carbocycles. The van der Waals surface area contributed by atoms with Gasteiger partial charge in [-0.15, -0.1) is 11.8 Å². The summed E-state index contributed by atoms with van der Waals surface area (Å²) in [5.74, 6) is 1.28. The van der Waals surface area contributed by atoms with Crippen molar-refractivity contribution in [3.8, 4) is 5.75 Å². The van der Waals surface area contributed by atoms with Crippen molar-refractivity contribution in [1.29, 1.82) is 0 Å². The summed E-state index contributed by atoms with van der Waals surface area (Å²) in [6.45, 7) is 3.73. The van der Waals surface area contributed by atoms with Crippen LogP contribution in [-0.2, 0) is 9.53 Å². The molecule has 0 aliphatic carbocycles. The van der Waals surface area contributed by atoms with Gasteiger partial charge in [0.05, 0.1) is 32.1 Å². The Hall–Kier alpha value is -2.54. The lowest BCUT2D eigenvalue weighted by atomic mass is 10.0. The van der Waals surface area contributed by atoms with Crippen molar-refractivity contribution in [2.24, 2.45) is 0 Å². The Morgan fingerprint density at radius 3 is 2.55 bits per heavy atom. The van der Waals surface area contributed by atoms with E-state index in [1.54, 1.807) is 18.9 Å². The Bertz CT molecular complexity index is 1000. The standard InChI is InChI=1S/C25H28N2O3S/c1-29-22-9-6-20(7-10-22)24(27-12-14-30-15-13-27)17-26-25(28)18-31-23-11-8-19-4-2-3-5-21(19)16-23/h2-11,16,24H,12-15,17-18H2,1H3,(H,26,28)/t24-/m1/s1. The van der Waals surface area contributed by atoms with Gasteiger partial charge in [-0.1, -0.05) is 42.5 Å². The number of ether oxygens (including phenoxy) is 2. The quantitative estimate of drug-likeness (QED) is 0.538. The number of amides is 1. The number of carbonyl (C=O) groups excluding carboxylic acids is 1. The molecule has 31 heavy (non-hydrogen) atoms. The molecule has 1 amide bonds. The summed E-state index contributed by atoms with van der Waals surface area (Å²) < 4.78 is 10.8. The zero-order chi connectivity index (χ0) is 21.5. The van der Waals surface area contributed by atoms with Crippen LogP contribution in [-0.4, -0.2) is 56.5 Å². The molecule has 0 bridgehead atoms. The third kappa shape index (κ3) is 5.79. The molecular weight excluding hydrogens is 408 g/mol. The van der Waals surface area contributed by atoms with Crippen LogP contribution in [0.5, 0.6) is 5.75 Å². The first-order chi connectivity index (χ1) is 15.2. The summed E-state index contributed by atoms with van der Waals surface area (Å²) >= 11 is 1.57. The Morgan fingerprint density at radius 1 is 1.06 bits per heavy atom. The molecule has 0 spiro atoms. The average molecular weight is 437 g/mol. The van der Waals surface area contributed by atoms with E-state index in [1.165, 1.54) is 16.3 Å². The molecule has 1 atom stereocenters. The van der Waals surface area contributed by atoms with Crippen molar-refractivity contribution in [3.63, 3.8) is 0 Å². The number of rotatable bonds is 8. The number of hydrogen-bond donors (Lipinski definition) is 1. The second kappa shape index (κ2) is 10.7. The minimum Gasteiger partial charge on any atom is -0.497 e. The summed E-state index contributed by atoms with van der Waals surface area (Å²) in [6, 6.07) is 22.8. The molecule has 1 heterocycles. The van der Waals surface area contributed by atoms with Gasteiger partial charge in [-0.2, -0.15) is 0 Å². The maximum absolute atomic E-state index is 12.6. The fourth-order valence-corrected chi connectivity index (χ4v) is 4.61. The molecule has 6 heteroatoms. The molecule has 1 N–H and O–H groups in total. The number of methoxy groups -OCH3 is 1. The zero-order valence-corrected chi connectivity index (χ0v) is 18.6. The molecule has 162 valence electrons. The topological polar surface area (TPSA) is 50.8 Å². The fourth-order valence-electron chi connectivity index (χ4n) is 3.84. The molecule has 1 aliphatic heterocycles. The molecule has 3 aromatic rings. The Labute approximate surface area is 187 Å². The van der Waals surface area contributed by atoms with E-state index in [1.807, 2.05) is 24.3 Å². The third-order valence-corrected chi connectivity index (χ3v) is 6.56. The van der Waals surface area contributed by atoms with Crippen LogP contribution in [0.3, 0.4) is 0 Å². The first-order valence-corrected chi connectivity index (χ1v) is 11.6. The number of benzene rings is 3. The predicted octanol–water partition coefficient (Wildman–Crippen LogP) is 4.13. The maximum atomic E-state index is 12.6. The average Bonchev–Trinajstić information content (AvgIpc) is 2.84. The number of nitrogens with one attached hydrogen (secondary N) is 1. The van der Waals surface area contributed by atoms with E-state index in [2.05, 4.69) is 52.7 Å². The number of morpholine rings is 1. The number of thioether (sulfide) groups is 1. The highest BCUT2D eigenvalue weighted by molar-refractivity contribution is 8.00. The van der Waals surface area contributed by atoms with Crippen LogP contribution in [0.4, 0.5) is 0 Å². The summed E-state index contributed by atoms with van der Waals surface area (Å²) in [4.78, 5) is 16.1. The summed E-state index contributed by atoms with van der Waals surface area (Å²) in [7, 11) is 1.67. The van der Waals surface area contributed by atoms with Gasteiger partial charge in [0.25, 0.3) is 0 Å². The van der Waals surface area contributed by atoms with Crippen molar-refractivity contribution in [2.45, 2.75) is 10.9 Å². The van der Waals surface area contributed by atoms with Gasteiger partial charge < -0.3 is 14.8 Å². The number of hydrogen-bond acceptors (Lipinski definition) is 5. The van der Waals surface area contributed by atoms with Crippen LogP contribution in [0.25, 0.3) is 10.8 Å². The highest BCUT2D eigenvalue weighted by atomic mass is 32.2. The predicted molar refractivity (Wildman–Crippen MR) is 126 cm³/mol. The first kappa shape index (κ1) is 21.7. The van der Waals surface area contributed by atoms with Crippen molar-refractivity contribution < 1.29 is 14.3 Å². The Kier molecular flexibility index (Phi) is 7.46. The van der Waals surface area contributed by atoms with Crippen LogP contribution in [0.2, 0.25) is 0 Å². The number of carbonyl (C=O) groups is 1. The summed E-state index contributed by atoms with van der Waals surface area (Å²) in [6.07, 6.45) is 0. The first-order valence-electron chi connectivity index (χ1n) is 10.6. The van der Waals surface area contributed by atoms with Crippen molar-refractivity contribution in [3.05, 3.63) is 72.3 Å². The molecular formula is C25H28N2O3S. The Morgan fingerprint density at radius 2 is 1.81 bits per heavy atom. The van der Waals surface area contributed by atoms with E-state index in [0.717, 1.165) is 36.9 Å². The molecule has 1 fully saturated rings. The van der Waals surface area contributed by atoms with Crippen molar-refractivity contribution in [2.75, 3.05) is 45.7 Å². The fraction of sp³-hybridized carbons (Fsp3) is 0.320. The van der Waals surface area contributed by atoms with Gasteiger partial charge in [-0.05, 0) is 40.6 Å². The van der Waals surface area contributed by atoms with E-state index in [9.17, 15) is 4.79 Å². The van der Waals surface area contributed by atoms with Crippen LogP contribution < -0.4 is 10.1 Å². The van der Waals surface area contributed by atoms with E-state index in [-0.39, 0.29) is 11.9 Å². The second-order valence-corrected chi connectivity index (χ2v) is 8.59. The largest absolute Gasteiger partial charge is 0.497 e. The highest BCUT2D eigenvalue weighted by Gasteiger charge is 2.23. The summed E-state index contributed by atoms with van der Waals surface area (Å²) in [5.41, 5.74) is 1.17. The molecule has 1 saturated heterocycles. The van der Waals surface area contributed by atoms with Gasteiger partial charge in [-0.3, -0.25) is 9.69 Å². The van der Waals surface area contributed by atoms with Gasteiger partial charge in [-0.25, -0.2) is 0 Å². The normalized spacial score (nSPS) is 15.5. The minimum atomic E-state index is 0.0462. The van der Waals surface area contributed by atoms with Gasteiger partial charge in [0.1, 0.15) is 5.75 Å². The van der Waals surface area contributed by atoms with Crippen LogP contribution in [0.1, 0.15) is 11.6 Å². The van der Waals surface area contributed by atoms with Crippen LogP contribution in [0.15, 0.2) is 71.6 Å². The SMILES string of the molecule is COc1ccc([C@@H](CNC(=O)CSc2ccc3ccccc3c2)N2CCOCC2)cc1. The van der Waals surface area contributed by atoms with E-state index in [4.69, 9.17) is 9.47 Å². The molecule has 0 aromatic heterocycles. The molecule has 0 unspecified atom stereocenters. The molecule has 1 aliphatic rings. The van der Waals surface area contributed by atoms with E-state index in [0.29, 0.717) is 12.3 Å². The highest BCUT2D eigenvalue weighted by Crippen LogP contribution is 2.25.